The molecule has 5 nitrogen and oxygen atoms in total. The Kier molecular flexibility index (Phi) is 13.0. The first-order chi connectivity index (χ1) is 19.8. The fourth-order valence-electron chi connectivity index (χ4n) is 10.1. The molecular formula is C37H64O5. The summed E-state index contributed by atoms with van der Waals surface area (Å²) < 4.78 is 5.11. The molecule has 0 aromatic rings. The molecule has 5 aliphatic carbocycles. The summed E-state index contributed by atoms with van der Waals surface area (Å²) in [6, 6.07) is 0. The second-order valence-electron chi connectivity index (χ2n) is 14.6. The third-order valence-corrected chi connectivity index (χ3v) is 11.8. The zero-order chi connectivity index (χ0) is 32.0. The maximum atomic E-state index is 14.1. The number of methoxy groups -OCH3 is 1. The molecular weight excluding hydrogens is 524 g/mol. The van der Waals surface area contributed by atoms with Crippen molar-refractivity contribution in [1.29, 1.82) is 0 Å². The van der Waals surface area contributed by atoms with Gasteiger partial charge in [0, 0.05) is 18.3 Å². The van der Waals surface area contributed by atoms with Gasteiger partial charge in [-0.15, -0.1) is 0 Å². The van der Waals surface area contributed by atoms with Crippen molar-refractivity contribution < 1.29 is 24.2 Å². The molecule has 0 aromatic carbocycles. The van der Waals surface area contributed by atoms with E-state index in [0.717, 1.165) is 44.9 Å². The summed E-state index contributed by atoms with van der Waals surface area (Å²) in [6.07, 6.45) is 12.4. The SMILES string of the molecule is CC.CCC.CCC.COC(=O)CC12CCC(C)CC1C1C(=O)CC3C4(C)C=C(O)C(=O)C(C)C4CCC3(C)C1CC2. The molecule has 0 radical (unpaired) electrons. The Morgan fingerprint density at radius 3 is 2.05 bits per heavy atom. The number of esters is 1. The Labute approximate surface area is 258 Å². The van der Waals surface area contributed by atoms with E-state index in [1.54, 1.807) is 0 Å². The highest BCUT2D eigenvalue weighted by molar-refractivity contribution is 5.96. The lowest BCUT2D eigenvalue weighted by molar-refractivity contribution is -0.187. The molecule has 0 spiro atoms. The molecule has 4 fully saturated rings. The first kappa shape index (κ1) is 36.5. The summed E-state index contributed by atoms with van der Waals surface area (Å²) in [5.41, 5.74) is -0.449. The van der Waals surface area contributed by atoms with Gasteiger partial charge < -0.3 is 9.84 Å². The number of aliphatic hydroxyl groups is 1. The van der Waals surface area contributed by atoms with Crippen LogP contribution < -0.4 is 0 Å². The van der Waals surface area contributed by atoms with Crippen molar-refractivity contribution in [3.63, 3.8) is 0 Å². The third-order valence-electron chi connectivity index (χ3n) is 11.8. The molecule has 5 rings (SSSR count). The molecule has 10 atom stereocenters. The predicted octanol–water partition coefficient (Wildman–Crippen LogP) is 9.53. The monoisotopic (exact) mass is 588 g/mol. The average molecular weight is 589 g/mol. The molecule has 10 unspecified atom stereocenters. The highest BCUT2D eigenvalue weighted by atomic mass is 16.5. The minimum atomic E-state index is -0.342. The summed E-state index contributed by atoms with van der Waals surface area (Å²) in [5, 5.41) is 10.5. The first-order valence-electron chi connectivity index (χ1n) is 17.4. The van der Waals surface area contributed by atoms with Crippen LogP contribution in [0.1, 0.15) is 140 Å². The van der Waals surface area contributed by atoms with E-state index >= 15 is 0 Å². The fraction of sp³-hybridized carbons (Fsp3) is 0.865. The number of aliphatic hydroxyl groups excluding tert-OH is 1. The van der Waals surface area contributed by atoms with Crippen molar-refractivity contribution in [2.45, 2.75) is 140 Å². The van der Waals surface area contributed by atoms with Crippen molar-refractivity contribution in [2.24, 2.45) is 57.7 Å². The number of carbonyl (C=O) groups is 3. The molecule has 0 aromatic heterocycles. The largest absolute Gasteiger partial charge is 0.505 e. The third kappa shape index (κ3) is 6.55. The summed E-state index contributed by atoms with van der Waals surface area (Å²) in [6.45, 7) is 21.3. The van der Waals surface area contributed by atoms with Crippen LogP contribution in [0.5, 0.6) is 0 Å². The highest BCUT2D eigenvalue weighted by Gasteiger charge is 2.66. The fourth-order valence-corrected chi connectivity index (χ4v) is 10.1. The number of carbonyl (C=O) groups excluding carboxylic acids is 3. The molecule has 5 heteroatoms. The summed E-state index contributed by atoms with van der Waals surface area (Å²) >= 11 is 0. The first-order valence-corrected chi connectivity index (χ1v) is 17.4. The molecule has 1 N–H and O–H groups in total. The molecule has 5 aliphatic rings. The topological polar surface area (TPSA) is 80.7 Å². The molecule has 242 valence electrons. The van der Waals surface area contributed by atoms with E-state index in [1.165, 1.54) is 20.0 Å². The van der Waals surface area contributed by atoms with Gasteiger partial charge in [-0.3, -0.25) is 14.4 Å². The van der Waals surface area contributed by atoms with Crippen molar-refractivity contribution in [3.8, 4) is 0 Å². The van der Waals surface area contributed by atoms with Gasteiger partial charge in [0.2, 0.25) is 0 Å². The average Bonchev–Trinajstić information content (AvgIpc) is 2.95. The van der Waals surface area contributed by atoms with Gasteiger partial charge in [-0.25, -0.2) is 0 Å². The van der Waals surface area contributed by atoms with Gasteiger partial charge in [0.05, 0.1) is 13.5 Å². The highest BCUT2D eigenvalue weighted by Crippen LogP contribution is 2.70. The van der Waals surface area contributed by atoms with Gasteiger partial charge in [0.1, 0.15) is 5.78 Å². The Morgan fingerprint density at radius 1 is 0.929 bits per heavy atom. The standard InChI is InChI=1S/C29H42O5.2C3H8.C2H6/c1-16-6-10-29(15-24(32)34-5)11-8-19-25(20(29)12-16)21(30)13-23-27(19,3)9-7-18-17(2)26(33)22(31)14-28(18,23)4;2*1-3-2;1-2/h14,16-20,23,25,31H,6-13,15H2,1-5H3;2*3H2,1-2H3;1-2H3. The molecule has 0 heterocycles. The zero-order valence-electron chi connectivity index (χ0n) is 29.0. The van der Waals surface area contributed by atoms with E-state index in [9.17, 15) is 19.5 Å². The van der Waals surface area contributed by atoms with Crippen LogP contribution in [0.15, 0.2) is 11.8 Å². The number of allylic oxidation sites excluding steroid dienone is 2. The maximum Gasteiger partial charge on any atom is 0.306 e. The number of rotatable bonds is 2. The van der Waals surface area contributed by atoms with E-state index in [-0.39, 0.29) is 63.3 Å². The van der Waals surface area contributed by atoms with Gasteiger partial charge in [-0.05, 0) is 90.4 Å². The summed E-state index contributed by atoms with van der Waals surface area (Å²) in [4.78, 5) is 39.1. The van der Waals surface area contributed by atoms with Crippen LogP contribution in [-0.4, -0.2) is 29.8 Å². The lowest BCUT2D eigenvalue weighted by Crippen LogP contribution is -2.63. The number of Topliss-reactive ketones (excluding diaryl/α,β-unsaturated/α-hetero) is 2. The predicted molar refractivity (Wildman–Crippen MR) is 172 cm³/mol. The van der Waals surface area contributed by atoms with Crippen molar-refractivity contribution >= 4 is 17.5 Å². The number of ketones is 2. The van der Waals surface area contributed by atoms with Crippen molar-refractivity contribution in [1.82, 2.24) is 0 Å². The Bertz CT molecular complexity index is 967. The maximum absolute atomic E-state index is 14.1. The summed E-state index contributed by atoms with van der Waals surface area (Å²) in [5.74, 6) is 1.23. The van der Waals surface area contributed by atoms with Gasteiger partial charge in [0.25, 0.3) is 0 Å². The molecule has 4 saturated carbocycles. The summed E-state index contributed by atoms with van der Waals surface area (Å²) in [7, 11) is 1.47. The quantitative estimate of drug-likeness (QED) is 0.325. The smallest absolute Gasteiger partial charge is 0.306 e. The molecule has 42 heavy (non-hydrogen) atoms. The molecule has 0 saturated heterocycles. The van der Waals surface area contributed by atoms with E-state index in [4.69, 9.17) is 4.74 Å². The van der Waals surface area contributed by atoms with Crippen molar-refractivity contribution in [2.75, 3.05) is 7.11 Å². The normalized spacial score (nSPS) is 41.7. The number of fused-ring (bicyclic) bond motifs is 7. The van der Waals surface area contributed by atoms with Crippen molar-refractivity contribution in [3.05, 3.63) is 11.8 Å². The van der Waals surface area contributed by atoms with E-state index in [1.807, 2.05) is 26.8 Å². The van der Waals surface area contributed by atoms with Crippen LogP contribution in [-0.2, 0) is 19.1 Å². The van der Waals surface area contributed by atoms with E-state index in [2.05, 4.69) is 48.5 Å². The zero-order valence-corrected chi connectivity index (χ0v) is 29.0. The second-order valence-corrected chi connectivity index (χ2v) is 14.6. The molecule has 0 amide bonds. The lowest BCUT2D eigenvalue weighted by Gasteiger charge is -2.66. The van der Waals surface area contributed by atoms with Gasteiger partial charge in [0.15, 0.2) is 11.5 Å². The van der Waals surface area contributed by atoms with Crippen LogP contribution in [0.2, 0.25) is 0 Å². The van der Waals surface area contributed by atoms with Crippen LogP contribution in [0.4, 0.5) is 0 Å². The Hall–Kier alpha value is -1.65. The van der Waals surface area contributed by atoms with Crippen LogP contribution >= 0.6 is 0 Å². The Balaban J connectivity index is 0.000000699. The second kappa shape index (κ2) is 14.9. The van der Waals surface area contributed by atoms with Crippen LogP contribution in [0.3, 0.4) is 0 Å². The van der Waals surface area contributed by atoms with Gasteiger partial charge in [-0.2, -0.15) is 0 Å². The minimum Gasteiger partial charge on any atom is -0.505 e. The number of hydrogen-bond acceptors (Lipinski definition) is 5. The molecule has 0 aliphatic heterocycles. The van der Waals surface area contributed by atoms with E-state index in [0.29, 0.717) is 30.5 Å². The van der Waals surface area contributed by atoms with Crippen LogP contribution in [0, 0.1) is 57.7 Å². The minimum absolute atomic E-state index is 0.00117. The molecule has 0 bridgehead atoms. The van der Waals surface area contributed by atoms with Gasteiger partial charge >= 0.3 is 5.97 Å². The lowest BCUT2D eigenvalue weighted by atomic mass is 9.37. The van der Waals surface area contributed by atoms with Crippen LogP contribution in [0.25, 0.3) is 0 Å². The van der Waals surface area contributed by atoms with E-state index < -0.39 is 0 Å². The Morgan fingerprint density at radius 2 is 1.48 bits per heavy atom. The van der Waals surface area contributed by atoms with Gasteiger partial charge in [-0.1, -0.05) is 88.5 Å². The number of ether oxygens (including phenoxy) is 1. The number of hydrogen-bond donors (Lipinski definition) is 1.